The van der Waals surface area contributed by atoms with Gasteiger partial charge in [0.05, 0.1) is 17.4 Å². The zero-order valence-corrected chi connectivity index (χ0v) is 17.7. The Labute approximate surface area is 187 Å². The Hall–Kier alpha value is -4.01. The zero-order chi connectivity index (χ0) is 23.3. The molecule has 1 aromatic heterocycles. The van der Waals surface area contributed by atoms with Gasteiger partial charge < -0.3 is 10.6 Å². The van der Waals surface area contributed by atoms with E-state index in [0.717, 1.165) is 23.7 Å². The molecule has 5 rings (SSSR count). The number of anilines is 2. The molecule has 1 aliphatic heterocycles. The molecule has 0 aliphatic carbocycles. The first-order valence-corrected chi connectivity index (χ1v) is 10.3. The lowest BCUT2D eigenvalue weighted by molar-refractivity contribution is 0.218. The first-order valence-electron chi connectivity index (χ1n) is 10.3. The normalized spacial score (nSPS) is 14.0. The number of hydrogen-bond donors (Lipinski definition) is 1. The van der Waals surface area contributed by atoms with Crippen molar-refractivity contribution in [1.82, 2.24) is 14.7 Å². The summed E-state index contributed by atoms with van der Waals surface area (Å²) in [7, 11) is 1.77. The third kappa shape index (κ3) is 3.55. The first kappa shape index (κ1) is 20.9. The number of nitrogens with zero attached hydrogens (tertiary/aromatic N) is 4. The highest BCUT2D eigenvalue weighted by molar-refractivity contribution is 6.02. The van der Waals surface area contributed by atoms with Crippen molar-refractivity contribution in [2.45, 2.75) is 6.54 Å². The summed E-state index contributed by atoms with van der Waals surface area (Å²) in [6, 6.07) is 12.7. The Kier molecular flexibility index (Phi) is 4.96. The molecule has 2 N–H and O–H groups in total. The summed E-state index contributed by atoms with van der Waals surface area (Å²) in [5.74, 6) is -1.36. The predicted molar refractivity (Wildman–Crippen MR) is 120 cm³/mol. The number of aryl methyl sites for hydroxylation is 1. The molecular formula is C24H20F3N5O. The van der Waals surface area contributed by atoms with Crippen LogP contribution in [0.1, 0.15) is 5.56 Å². The van der Waals surface area contributed by atoms with Gasteiger partial charge in [-0.15, -0.1) is 0 Å². The smallest absolute Gasteiger partial charge is 0.324 e. The number of fused-ring (bicyclic) bond motifs is 1. The van der Waals surface area contributed by atoms with Crippen LogP contribution in [-0.2, 0) is 13.6 Å². The highest BCUT2D eigenvalue weighted by atomic mass is 19.1. The van der Waals surface area contributed by atoms with Crippen LogP contribution in [0.15, 0.2) is 54.6 Å². The average molecular weight is 451 g/mol. The number of nitrogens with two attached hydrogens (primary N) is 1. The van der Waals surface area contributed by atoms with E-state index in [1.807, 2.05) is 6.07 Å². The van der Waals surface area contributed by atoms with Gasteiger partial charge in [0.15, 0.2) is 5.82 Å². The van der Waals surface area contributed by atoms with Crippen molar-refractivity contribution < 1.29 is 18.0 Å². The van der Waals surface area contributed by atoms with Crippen molar-refractivity contribution in [1.29, 1.82) is 0 Å². The summed E-state index contributed by atoms with van der Waals surface area (Å²) >= 11 is 0. The van der Waals surface area contributed by atoms with Gasteiger partial charge in [-0.25, -0.2) is 18.0 Å². The first-order chi connectivity index (χ1) is 15.8. The van der Waals surface area contributed by atoms with E-state index in [1.165, 1.54) is 15.9 Å². The van der Waals surface area contributed by atoms with Gasteiger partial charge in [-0.2, -0.15) is 5.10 Å². The van der Waals surface area contributed by atoms with Crippen molar-refractivity contribution >= 4 is 28.4 Å². The van der Waals surface area contributed by atoms with Crippen molar-refractivity contribution in [3.8, 4) is 11.1 Å². The lowest BCUT2D eigenvalue weighted by atomic mass is 10.0. The Morgan fingerprint density at radius 1 is 0.970 bits per heavy atom. The van der Waals surface area contributed by atoms with Gasteiger partial charge >= 0.3 is 6.03 Å². The molecule has 2 heterocycles. The van der Waals surface area contributed by atoms with Crippen molar-refractivity contribution in [3.63, 3.8) is 0 Å². The van der Waals surface area contributed by atoms with Crippen LogP contribution in [0.25, 0.3) is 22.0 Å². The minimum Gasteiger partial charge on any atom is -0.382 e. The Morgan fingerprint density at radius 3 is 2.58 bits per heavy atom. The lowest BCUT2D eigenvalue weighted by Gasteiger charge is -2.19. The minimum absolute atomic E-state index is 0.0677. The molecule has 168 valence electrons. The Bertz CT molecular complexity index is 1400. The molecule has 33 heavy (non-hydrogen) atoms. The number of aromatic nitrogens is 2. The van der Waals surface area contributed by atoms with Crippen LogP contribution in [-0.4, -0.2) is 33.8 Å². The van der Waals surface area contributed by atoms with Crippen LogP contribution in [0.5, 0.6) is 0 Å². The topological polar surface area (TPSA) is 67.4 Å². The van der Waals surface area contributed by atoms with E-state index in [9.17, 15) is 13.6 Å². The van der Waals surface area contributed by atoms with Gasteiger partial charge in [-0.3, -0.25) is 9.58 Å². The summed E-state index contributed by atoms with van der Waals surface area (Å²) in [5, 5.41) is 4.87. The monoisotopic (exact) mass is 451 g/mol. The van der Waals surface area contributed by atoms with Crippen LogP contribution in [0.3, 0.4) is 0 Å². The second-order valence-corrected chi connectivity index (χ2v) is 7.96. The Balaban J connectivity index is 1.43. The van der Waals surface area contributed by atoms with Gasteiger partial charge in [0, 0.05) is 37.0 Å². The van der Waals surface area contributed by atoms with E-state index < -0.39 is 23.5 Å². The molecule has 0 atom stereocenters. The molecule has 0 bridgehead atoms. The number of halogens is 3. The summed E-state index contributed by atoms with van der Waals surface area (Å²) in [4.78, 5) is 15.7. The molecule has 0 unspecified atom stereocenters. The number of rotatable bonds is 4. The molecule has 1 aliphatic rings. The largest absolute Gasteiger partial charge is 0.382 e. The van der Waals surface area contributed by atoms with Crippen molar-refractivity contribution in [2.24, 2.45) is 7.05 Å². The van der Waals surface area contributed by atoms with Gasteiger partial charge in [0.2, 0.25) is 0 Å². The SMILES string of the molecule is Cn1nc(N)c2c(-c3ccc(N4CCN(Cc5cc(F)ccc5F)C4=O)cc3F)cccc21. The highest BCUT2D eigenvalue weighted by Gasteiger charge is 2.30. The maximum atomic E-state index is 15.2. The molecule has 6 nitrogen and oxygen atoms in total. The fourth-order valence-electron chi connectivity index (χ4n) is 4.30. The number of nitrogen functional groups attached to an aromatic ring is 1. The van der Waals surface area contributed by atoms with Gasteiger partial charge in [0.1, 0.15) is 17.5 Å². The van der Waals surface area contributed by atoms with E-state index in [0.29, 0.717) is 41.1 Å². The number of benzene rings is 3. The number of hydrogen-bond acceptors (Lipinski definition) is 3. The summed E-state index contributed by atoms with van der Waals surface area (Å²) in [5.41, 5.74) is 8.26. The predicted octanol–water partition coefficient (Wildman–Crippen LogP) is 4.68. The Morgan fingerprint density at radius 2 is 1.79 bits per heavy atom. The maximum absolute atomic E-state index is 15.2. The van der Waals surface area contributed by atoms with Crippen LogP contribution in [0, 0.1) is 17.5 Å². The highest BCUT2D eigenvalue weighted by Crippen LogP contribution is 2.35. The molecule has 0 saturated carbocycles. The van der Waals surface area contributed by atoms with Gasteiger partial charge in [-0.05, 0) is 48.0 Å². The van der Waals surface area contributed by atoms with Crippen LogP contribution in [0.2, 0.25) is 0 Å². The average Bonchev–Trinajstić information content (AvgIpc) is 3.29. The molecule has 1 saturated heterocycles. The van der Waals surface area contributed by atoms with E-state index in [1.54, 1.807) is 36.0 Å². The molecule has 9 heteroatoms. The fraction of sp³-hybridized carbons (Fsp3) is 0.167. The summed E-state index contributed by atoms with van der Waals surface area (Å²) in [6.07, 6.45) is 0. The fourth-order valence-corrected chi connectivity index (χ4v) is 4.30. The summed E-state index contributed by atoms with van der Waals surface area (Å²) in [6.45, 7) is 0.547. The molecule has 0 radical (unpaired) electrons. The number of urea groups is 1. The van der Waals surface area contributed by atoms with Crippen molar-refractivity contribution in [2.75, 3.05) is 23.7 Å². The second kappa shape index (κ2) is 7.84. The maximum Gasteiger partial charge on any atom is 0.324 e. The van der Waals surface area contributed by atoms with Gasteiger partial charge in [0.25, 0.3) is 0 Å². The van der Waals surface area contributed by atoms with E-state index in [4.69, 9.17) is 5.73 Å². The number of carbonyl (C=O) groups is 1. The second-order valence-electron chi connectivity index (χ2n) is 7.96. The molecular weight excluding hydrogens is 431 g/mol. The molecule has 0 spiro atoms. The van der Waals surface area contributed by atoms with E-state index in [2.05, 4.69) is 5.10 Å². The molecule has 3 aromatic carbocycles. The molecule has 1 fully saturated rings. The number of carbonyl (C=O) groups excluding carboxylic acids is 1. The van der Waals surface area contributed by atoms with Crippen LogP contribution in [0.4, 0.5) is 29.5 Å². The van der Waals surface area contributed by atoms with Crippen LogP contribution >= 0.6 is 0 Å². The summed E-state index contributed by atoms with van der Waals surface area (Å²) < 4.78 is 44.3. The van der Waals surface area contributed by atoms with Gasteiger partial charge in [-0.1, -0.05) is 12.1 Å². The zero-order valence-electron chi connectivity index (χ0n) is 17.7. The minimum atomic E-state index is -0.582. The quantitative estimate of drug-likeness (QED) is 0.490. The molecule has 4 aromatic rings. The molecule has 2 amide bonds. The van der Waals surface area contributed by atoms with E-state index in [-0.39, 0.29) is 12.1 Å². The van der Waals surface area contributed by atoms with Crippen LogP contribution < -0.4 is 10.6 Å². The third-order valence-electron chi connectivity index (χ3n) is 5.92. The van der Waals surface area contributed by atoms with E-state index >= 15 is 4.39 Å². The third-order valence-corrected chi connectivity index (χ3v) is 5.92. The lowest BCUT2D eigenvalue weighted by Crippen LogP contribution is -2.31. The number of amides is 2. The van der Waals surface area contributed by atoms with Crippen molar-refractivity contribution in [3.05, 3.63) is 77.6 Å². The standard InChI is InChI=1S/C24H20F3N5O/c1-30-21-4-2-3-18(22(21)23(28)29-30)17-7-6-16(12-20(17)27)32-10-9-31(24(32)33)13-14-11-15(25)5-8-19(14)26/h2-8,11-12H,9-10,13H2,1H3,(H2,28,29).